The van der Waals surface area contributed by atoms with Gasteiger partial charge >= 0.3 is 5.97 Å². The second-order valence-electron chi connectivity index (χ2n) is 4.17. The maximum absolute atomic E-state index is 10.9. The minimum atomic E-state index is -0.250. The predicted molar refractivity (Wildman–Crippen MR) is 67.2 cm³/mol. The summed E-state index contributed by atoms with van der Waals surface area (Å²) in [5.41, 5.74) is -0.0359. The molecule has 90 valence electrons. The number of methoxy groups -OCH3 is 1. The second kappa shape index (κ2) is 5.66. The highest BCUT2D eigenvalue weighted by Gasteiger charge is 2.22. The number of carbonyl (C=O) groups is 1. The number of halogens is 1. The van der Waals surface area contributed by atoms with Gasteiger partial charge in [-0.25, -0.2) is 0 Å². The Kier molecular flexibility index (Phi) is 4.77. The molecule has 1 heterocycles. The van der Waals surface area contributed by atoms with Crippen molar-refractivity contribution in [1.29, 1.82) is 0 Å². The fraction of sp³-hybridized carbons (Fsp3) is 0.545. The minimum Gasteiger partial charge on any atom is -0.468 e. The van der Waals surface area contributed by atoms with E-state index in [4.69, 9.17) is 11.6 Å². The highest BCUT2D eigenvalue weighted by molar-refractivity contribution is 7.16. The molecule has 5 heteroatoms. The Morgan fingerprint density at radius 2 is 2.25 bits per heavy atom. The first-order chi connectivity index (χ1) is 7.45. The Bertz CT molecular complexity index is 363. The maximum atomic E-state index is 10.9. The number of hydrogen-bond acceptors (Lipinski definition) is 4. The number of ether oxygens (including phenoxy) is 1. The van der Waals surface area contributed by atoms with E-state index < -0.39 is 0 Å². The van der Waals surface area contributed by atoms with E-state index in [0.717, 1.165) is 4.34 Å². The smallest absolute Gasteiger partial charge is 0.319 e. The van der Waals surface area contributed by atoms with E-state index in [1.54, 1.807) is 11.3 Å². The average molecular weight is 262 g/mol. The second-order valence-corrected chi connectivity index (χ2v) is 5.88. The molecule has 0 aliphatic carbocycles. The van der Waals surface area contributed by atoms with Gasteiger partial charge in [-0.05, 0) is 12.1 Å². The quantitative estimate of drug-likeness (QED) is 0.828. The lowest BCUT2D eigenvalue weighted by Gasteiger charge is -2.23. The third-order valence-corrected chi connectivity index (χ3v) is 3.90. The van der Waals surface area contributed by atoms with Crippen LogP contribution in [0.4, 0.5) is 0 Å². The van der Waals surface area contributed by atoms with Gasteiger partial charge in [0.15, 0.2) is 0 Å². The summed E-state index contributed by atoms with van der Waals surface area (Å²) >= 11 is 7.47. The lowest BCUT2D eigenvalue weighted by Crippen LogP contribution is -2.35. The molecule has 0 aliphatic heterocycles. The third-order valence-electron chi connectivity index (χ3n) is 2.30. The van der Waals surface area contributed by atoms with Crippen LogP contribution in [0.1, 0.15) is 18.7 Å². The van der Waals surface area contributed by atoms with Crippen LogP contribution in [0, 0.1) is 0 Å². The van der Waals surface area contributed by atoms with Crippen molar-refractivity contribution in [2.75, 3.05) is 20.2 Å². The molecule has 0 radical (unpaired) electrons. The lowest BCUT2D eigenvalue weighted by atomic mass is 9.91. The molecule has 1 aromatic heterocycles. The molecule has 0 spiro atoms. The summed E-state index contributed by atoms with van der Waals surface area (Å²) in [5, 5.41) is 3.07. The number of thiophene rings is 1. The van der Waals surface area contributed by atoms with Crippen LogP contribution in [0.2, 0.25) is 4.34 Å². The van der Waals surface area contributed by atoms with Crippen molar-refractivity contribution in [1.82, 2.24) is 5.32 Å². The van der Waals surface area contributed by atoms with Gasteiger partial charge in [0, 0.05) is 16.8 Å². The van der Waals surface area contributed by atoms with Gasteiger partial charge in [-0.15, -0.1) is 11.3 Å². The SMILES string of the molecule is COC(=O)CNCC(C)(C)c1ccc(Cl)s1. The Balaban J connectivity index is 2.49. The minimum absolute atomic E-state index is 0.0359. The summed E-state index contributed by atoms with van der Waals surface area (Å²) in [6.45, 7) is 5.16. The first-order valence-electron chi connectivity index (χ1n) is 4.99. The Labute approximate surface area is 105 Å². The topological polar surface area (TPSA) is 38.3 Å². The molecule has 1 N–H and O–H groups in total. The van der Waals surface area contributed by atoms with Crippen molar-refractivity contribution in [3.63, 3.8) is 0 Å². The molecule has 3 nitrogen and oxygen atoms in total. The van der Waals surface area contributed by atoms with E-state index in [1.807, 2.05) is 12.1 Å². The average Bonchev–Trinajstić information content (AvgIpc) is 2.65. The van der Waals surface area contributed by atoms with Crippen molar-refractivity contribution in [2.45, 2.75) is 19.3 Å². The van der Waals surface area contributed by atoms with E-state index in [1.165, 1.54) is 12.0 Å². The summed E-state index contributed by atoms with van der Waals surface area (Å²) in [4.78, 5) is 12.1. The van der Waals surface area contributed by atoms with Crippen LogP contribution in [0.5, 0.6) is 0 Å². The lowest BCUT2D eigenvalue weighted by molar-refractivity contribution is -0.139. The van der Waals surface area contributed by atoms with E-state index in [0.29, 0.717) is 6.54 Å². The van der Waals surface area contributed by atoms with Crippen LogP contribution in [0.25, 0.3) is 0 Å². The van der Waals surface area contributed by atoms with Gasteiger partial charge in [-0.2, -0.15) is 0 Å². The molecule has 1 aromatic rings. The first-order valence-corrected chi connectivity index (χ1v) is 6.18. The van der Waals surface area contributed by atoms with Gasteiger partial charge in [0.1, 0.15) is 0 Å². The van der Waals surface area contributed by atoms with Gasteiger partial charge in [-0.1, -0.05) is 25.4 Å². The van der Waals surface area contributed by atoms with Gasteiger partial charge in [-0.3, -0.25) is 4.79 Å². The first kappa shape index (κ1) is 13.5. The number of hydrogen-bond donors (Lipinski definition) is 1. The van der Waals surface area contributed by atoms with Crippen LogP contribution >= 0.6 is 22.9 Å². The Hall–Kier alpha value is -0.580. The zero-order valence-corrected chi connectivity index (χ0v) is 11.2. The van der Waals surface area contributed by atoms with Crippen molar-refractivity contribution >= 4 is 28.9 Å². The van der Waals surface area contributed by atoms with Gasteiger partial charge in [0.2, 0.25) is 0 Å². The van der Waals surface area contributed by atoms with E-state index in [9.17, 15) is 4.79 Å². The van der Waals surface area contributed by atoms with Crippen LogP contribution in [0.15, 0.2) is 12.1 Å². The monoisotopic (exact) mass is 261 g/mol. The summed E-state index contributed by atoms with van der Waals surface area (Å²) < 4.78 is 5.34. The maximum Gasteiger partial charge on any atom is 0.319 e. The van der Waals surface area contributed by atoms with E-state index >= 15 is 0 Å². The molecule has 0 fully saturated rings. The number of esters is 1. The molecule has 0 bridgehead atoms. The Morgan fingerprint density at radius 1 is 1.56 bits per heavy atom. The largest absolute Gasteiger partial charge is 0.468 e. The Morgan fingerprint density at radius 3 is 2.75 bits per heavy atom. The zero-order chi connectivity index (χ0) is 12.2. The van der Waals surface area contributed by atoms with Crippen molar-refractivity contribution in [3.05, 3.63) is 21.3 Å². The number of rotatable bonds is 5. The molecule has 0 atom stereocenters. The molecule has 0 aromatic carbocycles. The summed E-state index contributed by atoms with van der Waals surface area (Å²) in [7, 11) is 1.38. The summed E-state index contributed by atoms with van der Waals surface area (Å²) in [6, 6.07) is 3.91. The third kappa shape index (κ3) is 3.77. The van der Waals surface area contributed by atoms with Crippen LogP contribution in [0.3, 0.4) is 0 Å². The highest BCUT2D eigenvalue weighted by Crippen LogP contribution is 2.31. The fourth-order valence-corrected chi connectivity index (χ4v) is 2.46. The van der Waals surface area contributed by atoms with Crippen LogP contribution < -0.4 is 5.32 Å². The van der Waals surface area contributed by atoms with E-state index in [2.05, 4.69) is 23.9 Å². The van der Waals surface area contributed by atoms with E-state index in [-0.39, 0.29) is 17.9 Å². The van der Waals surface area contributed by atoms with Crippen LogP contribution in [-0.2, 0) is 14.9 Å². The predicted octanol–water partition coefficient (Wildman–Crippen LogP) is 2.44. The molecule has 1 rings (SSSR count). The normalized spacial score (nSPS) is 11.5. The summed E-state index contributed by atoms with van der Waals surface area (Å²) in [6.07, 6.45) is 0. The standard InChI is InChI=1S/C11H16ClNO2S/c1-11(2,7-13-6-10(14)15-3)8-4-5-9(12)16-8/h4-5,13H,6-7H2,1-3H3. The molecular formula is C11H16ClNO2S. The number of carbonyl (C=O) groups excluding carboxylic acids is 1. The van der Waals surface area contributed by atoms with Gasteiger partial charge in [0.05, 0.1) is 18.0 Å². The van der Waals surface area contributed by atoms with Crippen molar-refractivity contribution < 1.29 is 9.53 Å². The molecule has 0 saturated carbocycles. The molecule has 0 aliphatic rings. The molecule has 16 heavy (non-hydrogen) atoms. The zero-order valence-electron chi connectivity index (χ0n) is 9.67. The summed E-state index contributed by atoms with van der Waals surface area (Å²) in [5.74, 6) is -0.250. The van der Waals surface area contributed by atoms with Crippen molar-refractivity contribution in [3.8, 4) is 0 Å². The molecule has 0 saturated heterocycles. The molecular weight excluding hydrogens is 246 g/mol. The molecule has 0 amide bonds. The highest BCUT2D eigenvalue weighted by atomic mass is 35.5. The molecule has 0 unspecified atom stereocenters. The number of nitrogens with one attached hydrogen (secondary N) is 1. The van der Waals surface area contributed by atoms with Crippen LogP contribution in [-0.4, -0.2) is 26.2 Å². The van der Waals surface area contributed by atoms with Crippen molar-refractivity contribution in [2.24, 2.45) is 0 Å². The fourth-order valence-electron chi connectivity index (χ4n) is 1.31. The van der Waals surface area contributed by atoms with Gasteiger partial charge < -0.3 is 10.1 Å². The van der Waals surface area contributed by atoms with Gasteiger partial charge in [0.25, 0.3) is 0 Å².